The van der Waals surface area contributed by atoms with Gasteiger partial charge in [0.1, 0.15) is 0 Å². The Hall–Kier alpha value is -1.24. The Morgan fingerprint density at radius 1 is 1.00 bits per heavy atom. The normalized spacial score (nSPS) is 4.60. The molecule has 0 aromatic heterocycles. The average Bonchev–Trinajstić information content (AvgIpc) is 1.91. The third-order valence-corrected chi connectivity index (χ3v) is 0.500. The second-order valence-electron chi connectivity index (χ2n) is 1.18. The molecule has 0 aliphatic heterocycles. The maximum atomic E-state index is 8.24. The molecule has 4 heteroatoms. The fourth-order valence-corrected chi connectivity index (χ4v) is 0. The van der Waals surface area contributed by atoms with E-state index in [1.165, 1.54) is 12.8 Å². The molecule has 4 nitrogen and oxygen atoms in total. The molecular weight excluding hydrogens is 132 g/mol. The van der Waals surface area contributed by atoms with Crippen LogP contribution in [0.4, 0.5) is 0 Å². The van der Waals surface area contributed by atoms with Crippen molar-refractivity contribution in [3.05, 3.63) is 10.8 Å². The maximum absolute atomic E-state index is 8.24. The van der Waals surface area contributed by atoms with Crippen LogP contribution in [-0.4, -0.2) is 12.2 Å². The fraction of sp³-hybridized carbons (Fsp3) is 0.667. The van der Waals surface area contributed by atoms with Gasteiger partial charge in [0.25, 0.3) is 0 Å². The molecule has 0 heterocycles. The van der Waals surface area contributed by atoms with Crippen LogP contribution in [0.2, 0.25) is 0 Å². The van der Waals surface area contributed by atoms with Crippen LogP contribution in [0, 0.1) is 0 Å². The lowest BCUT2D eigenvalue weighted by molar-refractivity contribution is 0.568. The van der Waals surface area contributed by atoms with Gasteiger partial charge < -0.3 is 10.8 Å². The molecule has 0 saturated carbocycles. The molecule has 0 unspecified atom stereocenters. The predicted molar refractivity (Wildman–Crippen MR) is 38.7 cm³/mol. The van der Waals surface area contributed by atoms with Crippen molar-refractivity contribution < 1.29 is 9.59 Å². The molecule has 0 aliphatic carbocycles. The molecule has 0 aromatic rings. The van der Waals surface area contributed by atoms with Crippen LogP contribution in [0.5, 0.6) is 0 Å². The first kappa shape index (κ1) is 15.9. The van der Waals surface area contributed by atoms with Gasteiger partial charge >= 0.3 is 0 Å². The largest absolute Gasteiger partial charge is 0.724 e. The van der Waals surface area contributed by atoms with Crippen molar-refractivity contribution in [3.63, 3.8) is 0 Å². The van der Waals surface area contributed by atoms with E-state index in [-0.39, 0.29) is 0 Å². The summed E-state index contributed by atoms with van der Waals surface area (Å²) in [6.45, 7) is 4.36. The highest BCUT2D eigenvalue weighted by atomic mass is 16.1. The Labute approximate surface area is 60.3 Å². The van der Waals surface area contributed by atoms with Gasteiger partial charge in [-0.3, -0.25) is 9.59 Å². The zero-order valence-corrected chi connectivity index (χ0v) is 6.13. The van der Waals surface area contributed by atoms with E-state index in [1.807, 2.05) is 0 Å². The van der Waals surface area contributed by atoms with Crippen molar-refractivity contribution >= 4 is 12.2 Å². The van der Waals surface area contributed by atoms with Gasteiger partial charge in [-0.05, 0) is 12.2 Å². The molecule has 0 radical (unpaired) electrons. The maximum Gasteiger partial charge on any atom is -0.0159 e. The van der Waals surface area contributed by atoms with Crippen LogP contribution < -0.4 is 0 Å². The Kier molecular flexibility index (Phi) is 74.0. The number of rotatable bonds is 1. The molecule has 10 heavy (non-hydrogen) atoms. The minimum Gasteiger partial charge on any atom is -0.724 e. The number of hydrogen-bond acceptors (Lipinski definition) is 2. The van der Waals surface area contributed by atoms with E-state index in [1.54, 1.807) is 0 Å². The summed E-state index contributed by atoms with van der Waals surface area (Å²) in [6, 6.07) is 0. The third-order valence-electron chi connectivity index (χ3n) is 0.500. The fourth-order valence-electron chi connectivity index (χ4n) is 0. The van der Waals surface area contributed by atoms with Gasteiger partial charge in [0, 0.05) is 0 Å². The summed E-state index contributed by atoms with van der Waals surface area (Å²) >= 11 is 0. The van der Waals surface area contributed by atoms with E-state index in [2.05, 4.69) is 13.8 Å². The van der Waals surface area contributed by atoms with Gasteiger partial charge in [0.15, 0.2) is 0 Å². The molecule has 0 bridgehead atoms. The van der Waals surface area contributed by atoms with Crippen molar-refractivity contribution in [2.24, 2.45) is 0 Å². The lowest BCUT2D eigenvalue weighted by Crippen LogP contribution is -1.47. The van der Waals surface area contributed by atoms with Crippen LogP contribution in [-0.2, 0) is 9.59 Å². The molecule has 0 rings (SSSR count). The summed E-state index contributed by atoms with van der Waals surface area (Å²) in [6.07, 6.45) is 3.64. The van der Waals surface area contributed by atoms with Gasteiger partial charge in [-0.25, -0.2) is 0 Å². The lowest BCUT2D eigenvalue weighted by Gasteiger charge is -1.68. The smallest absolute Gasteiger partial charge is 0.0159 e. The zero-order chi connectivity index (χ0) is 8.83. The number of carbonyl (C=O) groups excluding carboxylic acids is 2. The molecule has 0 amide bonds. The molecule has 0 fully saturated rings. The molecule has 0 aromatic carbocycles. The second kappa shape index (κ2) is 46.6. The van der Waals surface area contributed by atoms with Crippen LogP contribution in [0.15, 0.2) is 0 Å². The van der Waals surface area contributed by atoms with E-state index in [4.69, 9.17) is 20.4 Å². The summed E-state index contributed by atoms with van der Waals surface area (Å²) < 4.78 is 0. The summed E-state index contributed by atoms with van der Waals surface area (Å²) in [5.74, 6) is 0. The molecule has 0 aliphatic rings. The van der Waals surface area contributed by atoms with E-state index in [0.29, 0.717) is 12.2 Å². The Morgan fingerprint density at radius 3 is 1.10 bits per heavy atom. The lowest BCUT2D eigenvalue weighted by atomic mass is 10.4. The zero-order valence-electron chi connectivity index (χ0n) is 6.13. The Morgan fingerprint density at radius 2 is 1.10 bits per heavy atom. The molecule has 0 spiro atoms. The summed E-state index contributed by atoms with van der Waals surface area (Å²) in [7, 11) is 0. The van der Waals surface area contributed by atoms with E-state index in [9.17, 15) is 0 Å². The number of hydrogen-bond donors (Lipinski definition) is 0. The van der Waals surface area contributed by atoms with Crippen LogP contribution >= 0.6 is 0 Å². The van der Waals surface area contributed by atoms with Crippen molar-refractivity contribution in [2.75, 3.05) is 0 Å². The van der Waals surface area contributed by atoms with Crippen molar-refractivity contribution in [3.8, 4) is 0 Å². The first-order valence-corrected chi connectivity index (χ1v) is 2.77. The minimum absolute atomic E-state index is 0.500. The van der Waals surface area contributed by atoms with Gasteiger partial charge in [0.2, 0.25) is 0 Å². The van der Waals surface area contributed by atoms with Crippen LogP contribution in [0.1, 0.15) is 26.7 Å². The van der Waals surface area contributed by atoms with Gasteiger partial charge in [-0.15, -0.1) is 0 Å². The average molecular weight is 142 g/mol. The first-order chi connectivity index (χ1) is 4.74. The highest BCUT2D eigenvalue weighted by Crippen LogP contribution is 1.76. The molecule has 0 saturated heterocycles. The van der Waals surface area contributed by atoms with E-state index in [0.717, 1.165) is 0 Å². The summed E-state index contributed by atoms with van der Waals surface area (Å²) in [4.78, 5) is 16.5. The van der Waals surface area contributed by atoms with Crippen LogP contribution in [0.25, 0.3) is 10.8 Å². The third kappa shape index (κ3) is 3890. The summed E-state index contributed by atoms with van der Waals surface area (Å²) in [5, 5.41) is 13.5. The van der Waals surface area contributed by atoms with Crippen LogP contribution in [0.3, 0.4) is 0 Å². The van der Waals surface area contributed by atoms with Crippen molar-refractivity contribution in [1.82, 2.24) is 0 Å². The molecule has 58 valence electrons. The topological polar surface area (TPSA) is 78.7 Å². The Bertz CT molecular complexity index is 86.3. The number of nitrogens with zero attached hydrogens (tertiary/aromatic N) is 2. The van der Waals surface area contributed by atoms with Crippen molar-refractivity contribution in [1.29, 1.82) is 0 Å². The molecule has 0 atom stereocenters. The highest BCUT2D eigenvalue weighted by molar-refractivity contribution is 5.37. The predicted octanol–water partition coefficient (Wildman–Crippen LogP) is 1.59. The second-order valence-corrected chi connectivity index (χ2v) is 1.18. The minimum atomic E-state index is 0.500. The molecular formula is C6H10N2O2-2. The molecule has 0 N–H and O–H groups in total. The number of isocyanates is 2. The quantitative estimate of drug-likeness (QED) is 0.411. The number of unbranched alkanes of at least 4 members (excludes halogenated alkanes) is 1. The highest BCUT2D eigenvalue weighted by Gasteiger charge is 1.56. The van der Waals surface area contributed by atoms with E-state index >= 15 is 0 Å². The summed E-state index contributed by atoms with van der Waals surface area (Å²) in [5.41, 5.74) is 0. The van der Waals surface area contributed by atoms with Gasteiger partial charge in [-0.2, -0.15) is 0 Å². The standard InChI is InChI=1S/C4H10.2CNO/c1-3-4-2;2*2-1-3/h3-4H2,1-2H3;;/q;2*-1. The van der Waals surface area contributed by atoms with Gasteiger partial charge in [0.05, 0.1) is 0 Å². The van der Waals surface area contributed by atoms with Crippen molar-refractivity contribution in [2.45, 2.75) is 26.7 Å². The van der Waals surface area contributed by atoms with E-state index < -0.39 is 0 Å². The monoisotopic (exact) mass is 142 g/mol. The SMILES string of the molecule is CCCC.[N-]=C=O.[N-]=C=O. The first-order valence-electron chi connectivity index (χ1n) is 2.77. The Balaban J connectivity index is -0.0000000750. The van der Waals surface area contributed by atoms with Gasteiger partial charge in [-0.1, -0.05) is 26.7 Å².